The molecule has 0 amide bonds. The normalized spacial score (nSPS) is 20.6. The number of benzene rings is 1. The number of hydrogen-bond donors (Lipinski definition) is 1. The molecule has 1 fully saturated rings. The van der Waals surface area contributed by atoms with Gasteiger partial charge in [-0.1, -0.05) is 23.7 Å². The maximum absolute atomic E-state index is 10.1. The summed E-state index contributed by atoms with van der Waals surface area (Å²) < 4.78 is 0. The number of hydrogen-bond acceptors (Lipinski definition) is 4. The van der Waals surface area contributed by atoms with Crippen LogP contribution < -0.4 is 4.90 Å². The van der Waals surface area contributed by atoms with E-state index in [0.717, 1.165) is 31.4 Å². The van der Waals surface area contributed by atoms with Crippen LogP contribution in [0, 0.1) is 16.7 Å². The molecule has 1 aromatic heterocycles. The van der Waals surface area contributed by atoms with Crippen molar-refractivity contribution in [1.82, 2.24) is 4.98 Å². The van der Waals surface area contributed by atoms with Gasteiger partial charge >= 0.3 is 0 Å². The lowest BCUT2D eigenvalue weighted by Crippen LogP contribution is -2.47. The predicted octanol–water partition coefficient (Wildman–Crippen LogP) is 3.43. The monoisotopic (exact) mass is 341 g/mol. The van der Waals surface area contributed by atoms with Crippen molar-refractivity contribution in [2.24, 2.45) is 5.41 Å². The average molecular weight is 342 g/mol. The zero-order chi connectivity index (χ0) is 17.0. The van der Waals surface area contributed by atoms with Gasteiger partial charge in [-0.05, 0) is 49.1 Å². The summed E-state index contributed by atoms with van der Waals surface area (Å²) in [4.78, 5) is 6.52. The largest absolute Gasteiger partial charge is 0.396 e. The predicted molar refractivity (Wildman–Crippen MR) is 95.1 cm³/mol. The Morgan fingerprint density at radius 2 is 2.21 bits per heavy atom. The highest BCUT2D eigenvalue weighted by Gasteiger charge is 2.36. The van der Waals surface area contributed by atoms with E-state index in [9.17, 15) is 10.4 Å². The number of nitrogens with zero attached hydrogens (tertiary/aromatic N) is 3. The van der Waals surface area contributed by atoms with Crippen molar-refractivity contribution >= 4 is 17.4 Å². The summed E-state index contributed by atoms with van der Waals surface area (Å²) in [5, 5.41) is 20.2. The Bertz CT molecular complexity index is 758. The number of pyridine rings is 1. The van der Waals surface area contributed by atoms with E-state index >= 15 is 0 Å². The van der Waals surface area contributed by atoms with Crippen molar-refractivity contribution in [3.05, 3.63) is 58.7 Å². The van der Waals surface area contributed by atoms with Crippen LogP contribution in [0.3, 0.4) is 0 Å². The lowest BCUT2D eigenvalue weighted by Gasteiger charge is -2.42. The number of anilines is 1. The summed E-state index contributed by atoms with van der Waals surface area (Å²) in [6.07, 6.45) is 4.38. The highest BCUT2D eigenvalue weighted by Crippen LogP contribution is 2.36. The first-order valence-electron chi connectivity index (χ1n) is 8.11. The Morgan fingerprint density at radius 1 is 1.33 bits per heavy atom. The first-order valence-corrected chi connectivity index (χ1v) is 8.49. The van der Waals surface area contributed by atoms with Gasteiger partial charge in [-0.2, -0.15) is 5.26 Å². The molecule has 1 saturated heterocycles. The Morgan fingerprint density at radius 3 is 2.96 bits per heavy atom. The molecule has 1 aliphatic heterocycles. The van der Waals surface area contributed by atoms with E-state index in [1.807, 2.05) is 24.3 Å². The summed E-state index contributed by atoms with van der Waals surface area (Å²) >= 11 is 6.10. The van der Waals surface area contributed by atoms with Crippen LogP contribution >= 0.6 is 11.6 Å². The van der Waals surface area contributed by atoms with Crippen LogP contribution in [0.1, 0.15) is 24.0 Å². The van der Waals surface area contributed by atoms with E-state index in [2.05, 4.69) is 16.0 Å². The van der Waals surface area contributed by atoms with Crippen LogP contribution in [-0.4, -0.2) is 29.8 Å². The Labute approximate surface area is 147 Å². The quantitative estimate of drug-likeness (QED) is 0.925. The molecule has 0 aliphatic carbocycles. The second-order valence-corrected chi connectivity index (χ2v) is 6.91. The van der Waals surface area contributed by atoms with E-state index in [0.29, 0.717) is 22.9 Å². The molecule has 1 N–H and O–H groups in total. The van der Waals surface area contributed by atoms with Crippen LogP contribution in [0.25, 0.3) is 0 Å². The highest BCUT2D eigenvalue weighted by molar-refractivity contribution is 6.30. The summed E-state index contributed by atoms with van der Waals surface area (Å²) in [7, 11) is 0. The van der Waals surface area contributed by atoms with Crippen LogP contribution in [0.4, 0.5) is 5.82 Å². The Balaban J connectivity index is 1.85. The van der Waals surface area contributed by atoms with Gasteiger partial charge in [0.25, 0.3) is 0 Å². The van der Waals surface area contributed by atoms with E-state index in [1.54, 1.807) is 18.3 Å². The van der Waals surface area contributed by atoms with Crippen LogP contribution in [0.2, 0.25) is 5.02 Å². The van der Waals surface area contributed by atoms with Crippen LogP contribution in [0.5, 0.6) is 0 Å². The standard InChI is InChI=1S/C19H20ClN3O/c20-17-6-1-4-15(10-17)11-19(14-24)7-3-9-23(13-19)18-16(12-21)5-2-8-22-18/h1-2,4-6,8,10,24H,3,7,9,11,13-14H2/t19-/m0/s1. The minimum Gasteiger partial charge on any atom is -0.396 e. The fourth-order valence-corrected chi connectivity index (χ4v) is 3.75. The van der Waals surface area contributed by atoms with Crippen molar-refractivity contribution < 1.29 is 5.11 Å². The molecule has 1 aliphatic rings. The van der Waals surface area contributed by atoms with Gasteiger partial charge in [0, 0.05) is 29.7 Å². The molecular weight excluding hydrogens is 322 g/mol. The molecule has 5 heteroatoms. The van der Waals surface area contributed by atoms with Crippen LogP contribution in [-0.2, 0) is 6.42 Å². The molecule has 0 radical (unpaired) electrons. The summed E-state index contributed by atoms with van der Waals surface area (Å²) in [6.45, 7) is 1.63. The smallest absolute Gasteiger partial charge is 0.146 e. The fourth-order valence-electron chi connectivity index (χ4n) is 3.53. The Kier molecular flexibility index (Phi) is 5.03. The number of halogens is 1. The molecule has 0 saturated carbocycles. The SMILES string of the molecule is N#Cc1cccnc1N1CCC[C@](CO)(Cc2cccc(Cl)c2)C1. The maximum atomic E-state index is 10.1. The number of piperidine rings is 1. The van der Waals surface area contributed by atoms with Gasteiger partial charge in [-0.25, -0.2) is 4.98 Å². The third-order valence-corrected chi connectivity index (χ3v) is 4.91. The van der Waals surface area contributed by atoms with Gasteiger partial charge < -0.3 is 10.0 Å². The minimum atomic E-state index is -0.243. The third-order valence-electron chi connectivity index (χ3n) is 4.67. The molecule has 3 rings (SSSR count). The summed E-state index contributed by atoms with van der Waals surface area (Å²) in [6, 6.07) is 13.6. The zero-order valence-corrected chi connectivity index (χ0v) is 14.2. The summed E-state index contributed by atoms with van der Waals surface area (Å²) in [5.74, 6) is 0.712. The molecule has 1 aromatic carbocycles. The molecule has 2 aromatic rings. The first kappa shape index (κ1) is 16.8. The molecule has 0 unspecified atom stereocenters. The van der Waals surface area contributed by atoms with Crippen LogP contribution in [0.15, 0.2) is 42.6 Å². The second-order valence-electron chi connectivity index (χ2n) is 6.48. The van der Waals surface area contributed by atoms with Gasteiger partial charge in [0.1, 0.15) is 11.9 Å². The minimum absolute atomic E-state index is 0.102. The zero-order valence-electron chi connectivity index (χ0n) is 13.5. The molecule has 0 bridgehead atoms. The topological polar surface area (TPSA) is 60.2 Å². The lowest BCUT2D eigenvalue weighted by molar-refractivity contribution is 0.105. The number of nitriles is 1. The number of aromatic nitrogens is 1. The van der Waals surface area contributed by atoms with Crippen molar-refractivity contribution in [3.63, 3.8) is 0 Å². The number of rotatable bonds is 4. The van der Waals surface area contributed by atoms with Gasteiger partial charge in [-0.15, -0.1) is 0 Å². The fraction of sp³-hybridized carbons (Fsp3) is 0.368. The van der Waals surface area contributed by atoms with Gasteiger partial charge in [0.2, 0.25) is 0 Å². The Hall–Kier alpha value is -2.09. The molecule has 1 atom stereocenters. The number of aliphatic hydroxyl groups excluding tert-OH is 1. The molecule has 0 spiro atoms. The third kappa shape index (κ3) is 3.53. The molecule has 4 nitrogen and oxygen atoms in total. The van der Waals surface area contributed by atoms with E-state index in [-0.39, 0.29) is 12.0 Å². The molecule has 2 heterocycles. The van der Waals surface area contributed by atoms with Crippen molar-refractivity contribution in [2.45, 2.75) is 19.3 Å². The van der Waals surface area contributed by atoms with E-state index < -0.39 is 0 Å². The molecule has 24 heavy (non-hydrogen) atoms. The molecule has 124 valence electrons. The second kappa shape index (κ2) is 7.21. The van der Waals surface area contributed by atoms with Gasteiger partial charge in [0.05, 0.1) is 12.2 Å². The van der Waals surface area contributed by atoms with Gasteiger partial charge in [-0.3, -0.25) is 0 Å². The highest BCUT2D eigenvalue weighted by atomic mass is 35.5. The molecular formula is C19H20ClN3O. The maximum Gasteiger partial charge on any atom is 0.146 e. The van der Waals surface area contributed by atoms with Gasteiger partial charge in [0.15, 0.2) is 0 Å². The van der Waals surface area contributed by atoms with Crippen molar-refractivity contribution in [1.29, 1.82) is 5.26 Å². The summed E-state index contributed by atoms with van der Waals surface area (Å²) in [5.41, 5.74) is 1.46. The average Bonchev–Trinajstić information content (AvgIpc) is 2.62. The lowest BCUT2D eigenvalue weighted by atomic mass is 9.75. The number of aliphatic hydroxyl groups is 1. The van der Waals surface area contributed by atoms with E-state index in [4.69, 9.17) is 11.6 Å². The van der Waals surface area contributed by atoms with Crippen molar-refractivity contribution in [3.8, 4) is 6.07 Å². The first-order chi connectivity index (χ1) is 11.7. The van der Waals surface area contributed by atoms with Crippen molar-refractivity contribution in [2.75, 3.05) is 24.6 Å². The van der Waals surface area contributed by atoms with E-state index in [1.165, 1.54) is 0 Å².